The number of hydrogen-bond donors (Lipinski definition) is 0. The third-order valence-corrected chi connectivity index (χ3v) is 11.7. The second kappa shape index (κ2) is 24.8. The van der Waals surface area contributed by atoms with Gasteiger partial charge in [-0.05, 0) is 24.6 Å². The molecule has 0 fully saturated rings. The van der Waals surface area contributed by atoms with Crippen LogP contribution in [0, 0.1) is 0 Å². The van der Waals surface area contributed by atoms with Crippen molar-refractivity contribution in [3.63, 3.8) is 0 Å². The SMILES string of the molecule is CCCCCCCCCCCO[Si](CCCCCC)(CCCCCC)CCCCCC. The Hall–Kier alpha value is 0.177. The molecule has 0 N–H and O–H groups in total. The minimum absolute atomic E-state index is 1.07. The minimum Gasteiger partial charge on any atom is -0.417 e. The van der Waals surface area contributed by atoms with Crippen LogP contribution >= 0.6 is 0 Å². The van der Waals surface area contributed by atoms with Gasteiger partial charge in [0.05, 0.1) is 0 Å². The Morgan fingerprint density at radius 3 is 1.00 bits per heavy atom. The predicted octanol–water partition coefficient (Wildman–Crippen LogP) is 11.2. The summed E-state index contributed by atoms with van der Waals surface area (Å²) in [5, 5.41) is 0. The quantitative estimate of drug-likeness (QED) is 0.0932. The highest BCUT2D eigenvalue weighted by atomic mass is 28.4. The fourth-order valence-electron chi connectivity index (χ4n) is 4.91. The molecule has 0 saturated heterocycles. The fourth-order valence-corrected chi connectivity index (χ4v) is 9.36. The Kier molecular flexibility index (Phi) is 25.0. The Morgan fingerprint density at radius 1 is 0.355 bits per heavy atom. The van der Waals surface area contributed by atoms with Gasteiger partial charge in [0.1, 0.15) is 0 Å². The smallest absolute Gasteiger partial charge is 0.192 e. The van der Waals surface area contributed by atoms with Crippen LogP contribution in [0.2, 0.25) is 18.1 Å². The molecule has 0 atom stereocenters. The lowest BCUT2D eigenvalue weighted by Crippen LogP contribution is -2.38. The van der Waals surface area contributed by atoms with Crippen LogP contribution in [0.25, 0.3) is 0 Å². The van der Waals surface area contributed by atoms with E-state index in [2.05, 4.69) is 27.7 Å². The first-order valence-corrected chi connectivity index (χ1v) is 17.4. The van der Waals surface area contributed by atoms with Gasteiger partial charge in [-0.25, -0.2) is 0 Å². The molecule has 0 aromatic heterocycles. The molecule has 0 aliphatic carbocycles. The topological polar surface area (TPSA) is 9.23 Å². The summed E-state index contributed by atoms with van der Waals surface area (Å²) in [5.41, 5.74) is 0. The molecule has 0 radical (unpaired) electrons. The van der Waals surface area contributed by atoms with E-state index in [1.807, 2.05) is 0 Å². The number of unbranched alkanes of at least 4 members (excludes halogenated alkanes) is 17. The van der Waals surface area contributed by atoms with Crippen molar-refractivity contribution in [3.8, 4) is 0 Å². The summed E-state index contributed by atoms with van der Waals surface area (Å²) in [6.45, 7) is 10.4. The highest BCUT2D eigenvalue weighted by Crippen LogP contribution is 2.31. The Labute approximate surface area is 200 Å². The van der Waals surface area contributed by atoms with E-state index in [9.17, 15) is 0 Å². The molecule has 0 unspecified atom stereocenters. The summed E-state index contributed by atoms with van der Waals surface area (Å²) in [6, 6.07) is 4.34. The van der Waals surface area contributed by atoms with Crippen LogP contribution < -0.4 is 0 Å². The molecule has 0 heterocycles. The maximum Gasteiger partial charge on any atom is 0.192 e. The van der Waals surface area contributed by atoms with Crippen molar-refractivity contribution in [2.75, 3.05) is 6.61 Å². The number of hydrogen-bond acceptors (Lipinski definition) is 1. The minimum atomic E-state index is -1.54. The Balaban J connectivity index is 4.44. The molecular formula is C29H62OSi. The van der Waals surface area contributed by atoms with E-state index in [0.717, 1.165) is 6.61 Å². The highest BCUT2D eigenvalue weighted by molar-refractivity contribution is 6.73. The van der Waals surface area contributed by atoms with Crippen molar-refractivity contribution >= 4 is 8.32 Å². The lowest BCUT2D eigenvalue weighted by Gasteiger charge is -2.32. The van der Waals surface area contributed by atoms with Crippen LogP contribution in [0.1, 0.15) is 163 Å². The van der Waals surface area contributed by atoms with Crippen molar-refractivity contribution in [1.82, 2.24) is 0 Å². The standard InChI is InChI=1S/C29H62OSi/c1-5-9-13-17-18-19-20-21-22-26-30-31(27-23-14-10-6-2,28-24-15-11-7-3)29-25-16-12-8-4/h5-29H2,1-4H3. The Bertz CT molecular complexity index is 299. The zero-order chi connectivity index (χ0) is 22.9. The maximum absolute atomic E-state index is 6.97. The van der Waals surface area contributed by atoms with Crippen LogP contribution in [0.4, 0.5) is 0 Å². The van der Waals surface area contributed by atoms with E-state index in [4.69, 9.17) is 4.43 Å². The molecule has 31 heavy (non-hydrogen) atoms. The summed E-state index contributed by atoms with van der Waals surface area (Å²) in [5.74, 6) is 0. The van der Waals surface area contributed by atoms with Crippen LogP contribution in [0.3, 0.4) is 0 Å². The van der Waals surface area contributed by atoms with E-state index in [1.165, 1.54) is 153 Å². The number of rotatable bonds is 26. The first kappa shape index (κ1) is 31.2. The molecule has 1 nitrogen and oxygen atoms in total. The molecule has 188 valence electrons. The van der Waals surface area contributed by atoms with Crippen molar-refractivity contribution in [2.45, 2.75) is 181 Å². The summed E-state index contributed by atoms with van der Waals surface area (Å²) < 4.78 is 6.97. The summed E-state index contributed by atoms with van der Waals surface area (Å²) in [4.78, 5) is 0. The normalized spacial score (nSPS) is 12.0. The van der Waals surface area contributed by atoms with Crippen LogP contribution in [0.5, 0.6) is 0 Å². The Morgan fingerprint density at radius 2 is 0.645 bits per heavy atom. The molecule has 0 saturated carbocycles. The average Bonchev–Trinajstić information content (AvgIpc) is 2.78. The van der Waals surface area contributed by atoms with Crippen molar-refractivity contribution in [1.29, 1.82) is 0 Å². The van der Waals surface area contributed by atoms with Crippen molar-refractivity contribution in [3.05, 3.63) is 0 Å². The van der Waals surface area contributed by atoms with Gasteiger partial charge in [0.25, 0.3) is 0 Å². The third-order valence-electron chi connectivity index (χ3n) is 7.11. The molecular weight excluding hydrogens is 392 g/mol. The monoisotopic (exact) mass is 454 g/mol. The van der Waals surface area contributed by atoms with E-state index in [1.54, 1.807) is 0 Å². The summed E-state index contributed by atoms with van der Waals surface area (Å²) in [6.07, 6.45) is 29.5. The maximum atomic E-state index is 6.97. The predicted molar refractivity (Wildman–Crippen MR) is 146 cm³/mol. The van der Waals surface area contributed by atoms with Crippen LogP contribution in [0.15, 0.2) is 0 Å². The first-order valence-electron chi connectivity index (χ1n) is 14.9. The lowest BCUT2D eigenvalue weighted by molar-refractivity contribution is 0.281. The van der Waals surface area contributed by atoms with E-state index >= 15 is 0 Å². The van der Waals surface area contributed by atoms with Gasteiger partial charge in [-0.15, -0.1) is 0 Å². The summed E-state index contributed by atoms with van der Waals surface area (Å²) >= 11 is 0. The zero-order valence-corrected chi connectivity index (χ0v) is 23.6. The first-order chi connectivity index (χ1) is 15.2. The van der Waals surface area contributed by atoms with Gasteiger partial charge in [0, 0.05) is 6.61 Å². The fraction of sp³-hybridized carbons (Fsp3) is 1.00. The van der Waals surface area contributed by atoms with Crippen molar-refractivity contribution < 1.29 is 4.43 Å². The molecule has 0 bridgehead atoms. The largest absolute Gasteiger partial charge is 0.417 e. The molecule has 0 aliphatic heterocycles. The second-order valence-electron chi connectivity index (χ2n) is 10.3. The molecule has 0 amide bonds. The molecule has 0 aliphatic rings. The lowest BCUT2D eigenvalue weighted by atomic mass is 10.1. The van der Waals surface area contributed by atoms with Gasteiger partial charge >= 0.3 is 0 Å². The molecule has 0 spiro atoms. The molecule has 0 aromatic rings. The van der Waals surface area contributed by atoms with Crippen LogP contribution in [-0.2, 0) is 4.43 Å². The van der Waals surface area contributed by atoms with Gasteiger partial charge in [0.2, 0.25) is 0 Å². The third kappa shape index (κ3) is 20.5. The molecule has 0 rings (SSSR count). The van der Waals surface area contributed by atoms with Gasteiger partial charge in [-0.2, -0.15) is 0 Å². The van der Waals surface area contributed by atoms with E-state index < -0.39 is 8.32 Å². The molecule has 2 heteroatoms. The summed E-state index contributed by atoms with van der Waals surface area (Å²) in [7, 11) is -1.54. The van der Waals surface area contributed by atoms with Gasteiger partial charge < -0.3 is 4.43 Å². The molecule has 0 aromatic carbocycles. The second-order valence-corrected chi connectivity index (χ2v) is 14.4. The van der Waals surface area contributed by atoms with E-state index in [0.29, 0.717) is 0 Å². The van der Waals surface area contributed by atoms with Crippen LogP contribution in [-0.4, -0.2) is 14.9 Å². The van der Waals surface area contributed by atoms with Gasteiger partial charge in [0.15, 0.2) is 8.32 Å². The highest BCUT2D eigenvalue weighted by Gasteiger charge is 2.33. The van der Waals surface area contributed by atoms with E-state index in [-0.39, 0.29) is 0 Å². The average molecular weight is 455 g/mol. The van der Waals surface area contributed by atoms with Gasteiger partial charge in [-0.3, -0.25) is 0 Å². The van der Waals surface area contributed by atoms with Gasteiger partial charge in [-0.1, -0.05) is 156 Å². The zero-order valence-electron chi connectivity index (χ0n) is 22.6. The van der Waals surface area contributed by atoms with Crippen molar-refractivity contribution in [2.24, 2.45) is 0 Å².